The number of carbonyl (C=O) groups is 1. The predicted octanol–water partition coefficient (Wildman–Crippen LogP) is 2.88. The van der Waals surface area contributed by atoms with E-state index >= 15 is 0 Å². The summed E-state index contributed by atoms with van der Waals surface area (Å²) >= 11 is 0. The summed E-state index contributed by atoms with van der Waals surface area (Å²) in [6.45, 7) is 7.22. The molecule has 4 atom stereocenters. The molecule has 2 N–H and O–H groups in total. The van der Waals surface area contributed by atoms with Crippen LogP contribution in [0.1, 0.15) is 50.3 Å². The zero-order valence-electron chi connectivity index (χ0n) is 16.3. The number of nitrogens with one attached hydrogen (secondary N) is 2. The minimum Gasteiger partial charge on any atom is -0.351 e. The molecular weight excluding hydrogens is 362 g/mol. The molecule has 2 unspecified atom stereocenters. The normalized spacial score (nSPS) is 21.7. The summed E-state index contributed by atoms with van der Waals surface area (Å²) in [5.74, 6) is 0.233. The molecule has 6 nitrogen and oxygen atoms in total. The smallest absolute Gasteiger partial charge is 0.223 e. The third-order valence-electron chi connectivity index (χ3n) is 5.28. The van der Waals surface area contributed by atoms with E-state index in [1.807, 2.05) is 4.68 Å². The van der Waals surface area contributed by atoms with Gasteiger partial charge in [0.15, 0.2) is 0 Å². The monoisotopic (exact) mass is 391 g/mol. The molecule has 0 spiro atoms. The lowest BCUT2D eigenvalue weighted by Crippen LogP contribution is -2.47. The molecule has 0 saturated carbocycles. The van der Waals surface area contributed by atoms with Gasteiger partial charge in [0.1, 0.15) is 12.7 Å². The van der Waals surface area contributed by atoms with Crippen LogP contribution in [0, 0.1) is 12.8 Å². The second-order valence-electron chi connectivity index (χ2n) is 7.33. The van der Waals surface area contributed by atoms with Crippen LogP contribution in [0.15, 0.2) is 36.9 Å². The maximum absolute atomic E-state index is 12.9. The van der Waals surface area contributed by atoms with E-state index in [-0.39, 0.29) is 36.3 Å². The van der Waals surface area contributed by atoms with Crippen LogP contribution in [-0.4, -0.2) is 39.3 Å². The Balaban J connectivity index is 0.00000261. The first kappa shape index (κ1) is 21.4. The van der Waals surface area contributed by atoms with E-state index in [2.05, 4.69) is 65.8 Å². The summed E-state index contributed by atoms with van der Waals surface area (Å²) in [5, 5.41) is 11.1. The molecular formula is C20H30ClN5O. The predicted molar refractivity (Wildman–Crippen MR) is 109 cm³/mol. The number of piperidine rings is 1. The number of rotatable bonds is 6. The molecule has 0 aliphatic carbocycles. The summed E-state index contributed by atoms with van der Waals surface area (Å²) in [6.07, 6.45) is 5.88. The lowest BCUT2D eigenvalue weighted by atomic mass is 9.91. The number of hydrogen-bond donors (Lipinski definition) is 2. The van der Waals surface area contributed by atoms with Crippen LogP contribution >= 0.6 is 12.4 Å². The first-order chi connectivity index (χ1) is 12.6. The number of hydrogen-bond acceptors (Lipinski definition) is 4. The van der Waals surface area contributed by atoms with Crippen molar-refractivity contribution in [3.63, 3.8) is 0 Å². The quantitative estimate of drug-likeness (QED) is 0.794. The van der Waals surface area contributed by atoms with Crippen LogP contribution in [0.4, 0.5) is 0 Å². The number of carbonyl (C=O) groups excluding carboxylic acids is 1. The maximum atomic E-state index is 12.9. The largest absolute Gasteiger partial charge is 0.351 e. The highest BCUT2D eigenvalue weighted by molar-refractivity contribution is 5.85. The highest BCUT2D eigenvalue weighted by Gasteiger charge is 2.30. The first-order valence-corrected chi connectivity index (χ1v) is 9.53. The number of aryl methyl sites for hydroxylation is 1. The Morgan fingerprint density at radius 1 is 1.37 bits per heavy atom. The molecule has 1 aromatic heterocycles. The molecule has 0 bridgehead atoms. The van der Waals surface area contributed by atoms with Gasteiger partial charge in [-0.2, -0.15) is 5.10 Å². The lowest BCUT2D eigenvalue weighted by molar-refractivity contribution is -0.127. The molecule has 148 valence electrons. The molecule has 27 heavy (non-hydrogen) atoms. The van der Waals surface area contributed by atoms with Gasteiger partial charge in [-0.25, -0.2) is 9.67 Å². The van der Waals surface area contributed by atoms with Crippen LogP contribution in [0.25, 0.3) is 0 Å². The molecule has 2 aromatic rings. The SMILES string of the molecule is CCC(NC(=O)[C@H]1CCN[C@@H](C)C1)C(c1ccc(C)cc1)n1cncn1.Cl. The molecule has 0 radical (unpaired) electrons. The van der Waals surface area contributed by atoms with Gasteiger partial charge in [0, 0.05) is 12.0 Å². The van der Waals surface area contributed by atoms with Crippen molar-refractivity contribution in [3.8, 4) is 0 Å². The Labute approximate surface area is 167 Å². The van der Waals surface area contributed by atoms with Crippen molar-refractivity contribution in [2.24, 2.45) is 5.92 Å². The van der Waals surface area contributed by atoms with Gasteiger partial charge in [-0.15, -0.1) is 12.4 Å². The molecule has 1 saturated heterocycles. The fourth-order valence-electron chi connectivity index (χ4n) is 3.77. The second-order valence-corrected chi connectivity index (χ2v) is 7.33. The standard InChI is InChI=1S/C20H29N5O.ClH/c1-4-18(24-20(26)17-9-10-22-15(3)11-17)19(25-13-21-12-23-25)16-7-5-14(2)6-8-16;/h5-8,12-13,15,17-19,22H,4,9-11H2,1-3H3,(H,24,26);1H/t15-,17-,18?,19?;/m0./s1. The number of halogens is 1. The van der Waals surface area contributed by atoms with E-state index in [4.69, 9.17) is 0 Å². The van der Waals surface area contributed by atoms with Gasteiger partial charge < -0.3 is 10.6 Å². The Kier molecular flexibility index (Phi) is 7.80. The highest BCUT2D eigenvalue weighted by Crippen LogP contribution is 2.25. The Morgan fingerprint density at radius 2 is 2.11 bits per heavy atom. The zero-order valence-corrected chi connectivity index (χ0v) is 17.1. The minimum absolute atomic E-state index is 0. The molecule has 1 aliphatic rings. The van der Waals surface area contributed by atoms with Gasteiger partial charge in [0.25, 0.3) is 0 Å². The molecule has 2 heterocycles. The molecule has 1 fully saturated rings. The zero-order chi connectivity index (χ0) is 18.5. The van der Waals surface area contributed by atoms with Crippen molar-refractivity contribution >= 4 is 18.3 Å². The van der Waals surface area contributed by atoms with Gasteiger partial charge in [-0.05, 0) is 45.2 Å². The van der Waals surface area contributed by atoms with Crippen molar-refractivity contribution in [2.75, 3.05) is 6.54 Å². The van der Waals surface area contributed by atoms with Crippen LogP contribution in [-0.2, 0) is 4.79 Å². The summed E-state index contributed by atoms with van der Waals surface area (Å²) in [5.41, 5.74) is 2.35. The van der Waals surface area contributed by atoms with Crippen LogP contribution in [0.5, 0.6) is 0 Å². The fourth-order valence-corrected chi connectivity index (χ4v) is 3.77. The number of benzene rings is 1. The lowest BCUT2D eigenvalue weighted by Gasteiger charge is -2.32. The Morgan fingerprint density at radius 3 is 2.70 bits per heavy atom. The molecule has 1 amide bonds. The summed E-state index contributed by atoms with van der Waals surface area (Å²) < 4.78 is 1.85. The summed E-state index contributed by atoms with van der Waals surface area (Å²) in [7, 11) is 0. The van der Waals surface area contributed by atoms with Gasteiger partial charge in [0.2, 0.25) is 5.91 Å². The van der Waals surface area contributed by atoms with E-state index in [1.165, 1.54) is 5.56 Å². The van der Waals surface area contributed by atoms with Gasteiger partial charge in [0.05, 0.1) is 12.1 Å². The molecule has 3 rings (SSSR count). The second kappa shape index (κ2) is 9.85. The average molecular weight is 392 g/mol. The fraction of sp³-hybridized carbons (Fsp3) is 0.550. The van der Waals surface area contributed by atoms with Crippen molar-refractivity contribution < 1.29 is 4.79 Å². The molecule has 7 heteroatoms. The van der Waals surface area contributed by atoms with E-state index in [1.54, 1.807) is 12.7 Å². The van der Waals surface area contributed by atoms with Crippen molar-refractivity contribution in [1.82, 2.24) is 25.4 Å². The molecule has 1 aliphatic heterocycles. The van der Waals surface area contributed by atoms with Gasteiger partial charge >= 0.3 is 0 Å². The van der Waals surface area contributed by atoms with E-state index in [9.17, 15) is 4.79 Å². The van der Waals surface area contributed by atoms with E-state index in [0.717, 1.165) is 31.4 Å². The van der Waals surface area contributed by atoms with E-state index < -0.39 is 0 Å². The highest BCUT2D eigenvalue weighted by atomic mass is 35.5. The molecule has 1 aromatic carbocycles. The van der Waals surface area contributed by atoms with Crippen LogP contribution in [0.3, 0.4) is 0 Å². The number of aromatic nitrogens is 3. The Bertz CT molecular complexity index is 704. The third-order valence-corrected chi connectivity index (χ3v) is 5.28. The van der Waals surface area contributed by atoms with Crippen LogP contribution < -0.4 is 10.6 Å². The van der Waals surface area contributed by atoms with Crippen molar-refractivity contribution in [2.45, 2.75) is 58.2 Å². The first-order valence-electron chi connectivity index (χ1n) is 9.53. The average Bonchev–Trinajstić information content (AvgIpc) is 3.16. The summed E-state index contributed by atoms with van der Waals surface area (Å²) in [6, 6.07) is 8.72. The van der Waals surface area contributed by atoms with Gasteiger partial charge in [-0.3, -0.25) is 4.79 Å². The van der Waals surface area contributed by atoms with Crippen molar-refractivity contribution in [1.29, 1.82) is 0 Å². The van der Waals surface area contributed by atoms with Crippen LogP contribution in [0.2, 0.25) is 0 Å². The number of amides is 1. The summed E-state index contributed by atoms with van der Waals surface area (Å²) in [4.78, 5) is 17.0. The van der Waals surface area contributed by atoms with Crippen molar-refractivity contribution in [3.05, 3.63) is 48.0 Å². The number of nitrogens with zero attached hydrogens (tertiary/aromatic N) is 3. The maximum Gasteiger partial charge on any atom is 0.223 e. The topological polar surface area (TPSA) is 71.8 Å². The van der Waals surface area contributed by atoms with Gasteiger partial charge in [-0.1, -0.05) is 36.8 Å². The Hall–Kier alpha value is -1.92. The van der Waals surface area contributed by atoms with E-state index in [0.29, 0.717) is 6.04 Å². The minimum atomic E-state index is -0.0637. The third kappa shape index (κ3) is 5.30.